The van der Waals surface area contributed by atoms with Crippen LogP contribution in [0, 0.1) is 0 Å². The maximum absolute atomic E-state index is 10.4. The molecule has 0 amide bonds. The van der Waals surface area contributed by atoms with Crippen LogP contribution in [0.1, 0.15) is 12.3 Å². The maximum Gasteiger partial charge on any atom is 0.303 e. The molecule has 0 aliphatic rings. The van der Waals surface area contributed by atoms with Crippen LogP contribution >= 0.6 is 0 Å². The Morgan fingerprint density at radius 2 is 2.22 bits per heavy atom. The van der Waals surface area contributed by atoms with E-state index in [0.717, 1.165) is 0 Å². The molecular weight excluding hydrogens is 236 g/mol. The van der Waals surface area contributed by atoms with Crippen LogP contribution in [-0.4, -0.2) is 28.3 Å². The topological polar surface area (TPSA) is 85.5 Å². The number of carboxylic acids is 1. The number of nitrogens with zero attached hydrogens (tertiary/aromatic N) is 2. The van der Waals surface area contributed by atoms with Crippen LogP contribution in [0.2, 0.25) is 0 Å². The Hall–Kier alpha value is -2.37. The summed E-state index contributed by atoms with van der Waals surface area (Å²) in [5, 5.41) is 12.4. The van der Waals surface area contributed by atoms with Gasteiger partial charge < -0.3 is 14.4 Å². The molecule has 0 saturated heterocycles. The Bertz CT molecular complexity index is 551. The number of hydrogen-bond donors (Lipinski definition) is 1. The molecule has 0 aliphatic carbocycles. The van der Waals surface area contributed by atoms with Gasteiger partial charge in [0.15, 0.2) is 0 Å². The molecule has 1 aromatic heterocycles. The zero-order valence-electron chi connectivity index (χ0n) is 9.79. The van der Waals surface area contributed by atoms with Crippen molar-refractivity contribution >= 4 is 5.97 Å². The van der Waals surface area contributed by atoms with Crippen LogP contribution in [0.5, 0.6) is 5.75 Å². The highest BCUT2D eigenvalue weighted by atomic mass is 16.5. The Balaban J connectivity index is 2.21. The number of ether oxygens (including phenoxy) is 1. The first-order chi connectivity index (χ1) is 8.70. The van der Waals surface area contributed by atoms with Gasteiger partial charge in [-0.1, -0.05) is 17.3 Å². The number of carbonyl (C=O) groups is 1. The van der Waals surface area contributed by atoms with Gasteiger partial charge in [-0.15, -0.1) is 0 Å². The molecule has 1 heterocycles. The maximum atomic E-state index is 10.4. The molecule has 0 unspecified atom stereocenters. The summed E-state index contributed by atoms with van der Waals surface area (Å²) in [4.78, 5) is 14.6. The minimum absolute atomic E-state index is 0.0342. The van der Waals surface area contributed by atoms with Crippen molar-refractivity contribution < 1.29 is 19.2 Å². The highest BCUT2D eigenvalue weighted by Gasteiger charge is 2.13. The van der Waals surface area contributed by atoms with E-state index in [1.54, 1.807) is 13.2 Å². The molecule has 0 bridgehead atoms. The third-order valence-electron chi connectivity index (χ3n) is 2.37. The highest BCUT2D eigenvalue weighted by molar-refractivity contribution is 5.67. The molecule has 18 heavy (non-hydrogen) atoms. The third-order valence-corrected chi connectivity index (χ3v) is 2.37. The largest absolute Gasteiger partial charge is 0.496 e. The molecule has 0 radical (unpaired) electrons. The minimum atomic E-state index is -0.896. The van der Waals surface area contributed by atoms with Crippen molar-refractivity contribution in [3.63, 3.8) is 0 Å². The summed E-state index contributed by atoms with van der Waals surface area (Å²) < 4.78 is 10.2. The van der Waals surface area contributed by atoms with E-state index in [1.807, 2.05) is 18.2 Å². The second-order valence-corrected chi connectivity index (χ2v) is 3.61. The summed E-state index contributed by atoms with van der Waals surface area (Å²) in [5.41, 5.74) is 0.713. The molecule has 1 N–H and O–H groups in total. The molecule has 2 aromatic rings. The molecule has 2 rings (SSSR count). The van der Waals surface area contributed by atoms with Crippen LogP contribution in [0.15, 0.2) is 28.8 Å². The Morgan fingerprint density at radius 3 is 2.94 bits per heavy atom. The van der Waals surface area contributed by atoms with Crippen molar-refractivity contribution in [2.45, 2.75) is 12.8 Å². The Labute approximate surface area is 103 Å². The number of rotatable bonds is 5. The lowest BCUT2D eigenvalue weighted by molar-refractivity contribution is -0.137. The summed E-state index contributed by atoms with van der Waals surface area (Å²) in [5.74, 6) is 0.446. The van der Waals surface area contributed by atoms with E-state index >= 15 is 0 Å². The molecule has 0 fully saturated rings. The van der Waals surface area contributed by atoms with Crippen LogP contribution < -0.4 is 4.74 Å². The average Bonchev–Trinajstić information content (AvgIpc) is 2.85. The van der Waals surface area contributed by atoms with E-state index < -0.39 is 5.97 Å². The fourth-order valence-corrected chi connectivity index (χ4v) is 1.51. The molecule has 0 spiro atoms. The average molecular weight is 248 g/mol. The van der Waals surface area contributed by atoms with Crippen molar-refractivity contribution in [2.24, 2.45) is 0 Å². The summed E-state index contributed by atoms with van der Waals surface area (Å²) in [6.45, 7) is 0. The first-order valence-electron chi connectivity index (χ1n) is 5.38. The van der Waals surface area contributed by atoms with E-state index in [4.69, 9.17) is 14.4 Å². The lowest BCUT2D eigenvalue weighted by atomic mass is 10.2. The number of aromatic nitrogens is 2. The van der Waals surface area contributed by atoms with Gasteiger partial charge in [0.05, 0.1) is 19.1 Å². The van der Waals surface area contributed by atoms with Gasteiger partial charge in [0, 0.05) is 6.42 Å². The predicted octanol–water partition coefficient (Wildman–Crippen LogP) is 1.76. The standard InChI is InChI=1S/C12H12N2O4/c1-17-9-5-3-2-4-8(9)12-13-10(18-14-12)6-7-11(15)16/h2-5H,6-7H2,1H3,(H,15,16). The molecule has 6 nitrogen and oxygen atoms in total. The molecule has 6 heteroatoms. The molecule has 0 saturated carbocycles. The lowest BCUT2D eigenvalue weighted by Crippen LogP contribution is -1.97. The summed E-state index contributed by atoms with van der Waals surface area (Å²) >= 11 is 0. The SMILES string of the molecule is COc1ccccc1-c1noc(CCC(=O)O)n1. The fourth-order valence-electron chi connectivity index (χ4n) is 1.51. The van der Waals surface area contributed by atoms with Gasteiger partial charge in [-0.2, -0.15) is 4.98 Å². The van der Waals surface area contributed by atoms with Crippen LogP contribution in [0.4, 0.5) is 0 Å². The van der Waals surface area contributed by atoms with Gasteiger partial charge in [-0.05, 0) is 12.1 Å². The summed E-state index contributed by atoms with van der Waals surface area (Å²) in [6, 6.07) is 7.28. The smallest absolute Gasteiger partial charge is 0.303 e. The van der Waals surface area contributed by atoms with Gasteiger partial charge in [0.2, 0.25) is 11.7 Å². The number of aliphatic carboxylic acids is 1. The van der Waals surface area contributed by atoms with E-state index in [9.17, 15) is 4.79 Å². The molecule has 0 aliphatic heterocycles. The molecular formula is C12H12N2O4. The van der Waals surface area contributed by atoms with Crippen LogP contribution in [0.25, 0.3) is 11.4 Å². The fraction of sp³-hybridized carbons (Fsp3) is 0.250. The monoisotopic (exact) mass is 248 g/mol. The van der Waals surface area contributed by atoms with Crippen molar-refractivity contribution in [1.82, 2.24) is 10.1 Å². The first-order valence-corrected chi connectivity index (χ1v) is 5.38. The van der Waals surface area contributed by atoms with E-state index in [1.165, 1.54) is 0 Å². The van der Waals surface area contributed by atoms with E-state index in [0.29, 0.717) is 23.0 Å². The normalized spacial score (nSPS) is 10.3. The zero-order valence-corrected chi connectivity index (χ0v) is 9.79. The van der Waals surface area contributed by atoms with Gasteiger partial charge >= 0.3 is 5.97 Å². The van der Waals surface area contributed by atoms with Crippen molar-refractivity contribution in [3.05, 3.63) is 30.2 Å². The third kappa shape index (κ3) is 2.65. The van der Waals surface area contributed by atoms with Gasteiger partial charge in [-0.25, -0.2) is 0 Å². The number of methoxy groups -OCH3 is 1. The van der Waals surface area contributed by atoms with Gasteiger partial charge in [-0.3, -0.25) is 4.79 Å². The van der Waals surface area contributed by atoms with E-state index in [2.05, 4.69) is 10.1 Å². The van der Waals surface area contributed by atoms with E-state index in [-0.39, 0.29) is 12.8 Å². The summed E-state index contributed by atoms with van der Waals surface area (Å²) in [6.07, 6.45) is 0.186. The van der Waals surface area contributed by atoms with Crippen molar-refractivity contribution in [2.75, 3.05) is 7.11 Å². The number of para-hydroxylation sites is 1. The van der Waals surface area contributed by atoms with Crippen molar-refractivity contribution in [1.29, 1.82) is 0 Å². The lowest BCUT2D eigenvalue weighted by Gasteiger charge is -2.02. The Morgan fingerprint density at radius 1 is 1.44 bits per heavy atom. The minimum Gasteiger partial charge on any atom is -0.496 e. The molecule has 94 valence electrons. The number of hydrogen-bond acceptors (Lipinski definition) is 5. The van der Waals surface area contributed by atoms with Gasteiger partial charge in [0.25, 0.3) is 0 Å². The quantitative estimate of drug-likeness (QED) is 0.867. The number of benzene rings is 1. The molecule has 0 atom stereocenters. The van der Waals surface area contributed by atoms with Crippen molar-refractivity contribution in [3.8, 4) is 17.1 Å². The first kappa shape index (κ1) is 12.1. The predicted molar refractivity (Wildman–Crippen MR) is 62.2 cm³/mol. The molecule has 1 aromatic carbocycles. The highest BCUT2D eigenvalue weighted by Crippen LogP contribution is 2.27. The summed E-state index contributed by atoms with van der Waals surface area (Å²) in [7, 11) is 1.56. The van der Waals surface area contributed by atoms with Crippen LogP contribution in [0.3, 0.4) is 0 Å². The number of aryl methyl sites for hydroxylation is 1. The Kier molecular flexibility index (Phi) is 3.57. The second-order valence-electron chi connectivity index (χ2n) is 3.61. The van der Waals surface area contributed by atoms with Gasteiger partial charge in [0.1, 0.15) is 5.75 Å². The van der Waals surface area contributed by atoms with Crippen LogP contribution in [-0.2, 0) is 11.2 Å². The second kappa shape index (κ2) is 5.31. The zero-order chi connectivity index (χ0) is 13.0. The number of carboxylic acid groups (broad SMARTS) is 1.